The number of aryl methyl sites for hydroxylation is 2. The molecule has 0 aromatic carbocycles. The Morgan fingerprint density at radius 2 is 2.25 bits per heavy atom. The van der Waals surface area contributed by atoms with Gasteiger partial charge in [-0.15, -0.1) is 0 Å². The lowest BCUT2D eigenvalue weighted by atomic mass is 10.1. The lowest BCUT2D eigenvalue weighted by Crippen LogP contribution is -2.13. The second-order valence-corrected chi connectivity index (χ2v) is 6.26. The van der Waals surface area contributed by atoms with Crippen molar-refractivity contribution in [1.82, 2.24) is 19.9 Å². The first kappa shape index (κ1) is 14.9. The Balaban J connectivity index is 1.76. The number of anilines is 1. The molecule has 0 bridgehead atoms. The summed E-state index contributed by atoms with van der Waals surface area (Å²) in [7, 11) is 0. The smallest absolute Gasteiger partial charge is 0.258 e. The van der Waals surface area contributed by atoms with Crippen molar-refractivity contribution in [3.8, 4) is 0 Å². The number of hydrogen-bond donors (Lipinski definition) is 1. The van der Waals surface area contributed by atoms with Crippen molar-refractivity contribution in [2.75, 3.05) is 5.32 Å². The molecule has 7 heteroatoms. The minimum atomic E-state index is -0.225. The first-order valence-electron chi connectivity index (χ1n) is 8.27. The van der Waals surface area contributed by atoms with E-state index < -0.39 is 0 Å². The van der Waals surface area contributed by atoms with Gasteiger partial charge in [-0.05, 0) is 32.3 Å². The molecule has 124 valence electrons. The van der Waals surface area contributed by atoms with Gasteiger partial charge in [-0.25, -0.2) is 9.67 Å². The predicted octanol–water partition coefficient (Wildman–Crippen LogP) is 3.27. The van der Waals surface area contributed by atoms with Crippen molar-refractivity contribution in [1.29, 1.82) is 0 Å². The van der Waals surface area contributed by atoms with Gasteiger partial charge in [0, 0.05) is 24.2 Å². The zero-order valence-electron chi connectivity index (χ0n) is 13.7. The first-order chi connectivity index (χ1) is 11.7. The monoisotopic (exact) mass is 325 g/mol. The zero-order valence-corrected chi connectivity index (χ0v) is 13.7. The highest BCUT2D eigenvalue weighted by molar-refractivity contribution is 6.11. The molecule has 3 heterocycles. The van der Waals surface area contributed by atoms with E-state index in [1.807, 2.05) is 17.7 Å². The van der Waals surface area contributed by atoms with Crippen molar-refractivity contribution in [3.05, 3.63) is 35.3 Å². The van der Waals surface area contributed by atoms with Gasteiger partial charge in [-0.3, -0.25) is 10.1 Å². The fraction of sp³-hybridized carbons (Fsp3) is 0.412. The van der Waals surface area contributed by atoms with E-state index in [1.54, 1.807) is 12.3 Å². The fourth-order valence-electron chi connectivity index (χ4n) is 2.82. The molecular formula is C17H19N5O2. The molecule has 0 atom stereocenters. The van der Waals surface area contributed by atoms with Gasteiger partial charge in [0.05, 0.1) is 22.8 Å². The van der Waals surface area contributed by atoms with Crippen LogP contribution in [0.3, 0.4) is 0 Å². The summed E-state index contributed by atoms with van der Waals surface area (Å²) >= 11 is 0. The molecule has 1 N–H and O–H groups in total. The maximum absolute atomic E-state index is 12.7. The molecule has 24 heavy (non-hydrogen) atoms. The van der Waals surface area contributed by atoms with Gasteiger partial charge >= 0.3 is 0 Å². The third kappa shape index (κ3) is 2.66. The third-order valence-corrected chi connectivity index (χ3v) is 4.17. The van der Waals surface area contributed by atoms with Crippen LogP contribution in [0.2, 0.25) is 0 Å². The minimum Gasteiger partial charge on any atom is -0.338 e. The average molecular weight is 325 g/mol. The molecule has 7 nitrogen and oxygen atoms in total. The number of hydrogen-bond acceptors (Lipinski definition) is 5. The van der Waals surface area contributed by atoms with Crippen LogP contribution in [0.25, 0.3) is 11.0 Å². The van der Waals surface area contributed by atoms with Crippen LogP contribution >= 0.6 is 0 Å². The van der Waals surface area contributed by atoms with Gasteiger partial charge in [0.15, 0.2) is 5.65 Å². The van der Waals surface area contributed by atoms with Crippen molar-refractivity contribution < 1.29 is 9.32 Å². The molecule has 0 unspecified atom stereocenters. The second kappa shape index (κ2) is 5.74. The lowest BCUT2D eigenvalue weighted by molar-refractivity contribution is 0.102. The maximum Gasteiger partial charge on any atom is 0.258 e. The predicted molar refractivity (Wildman–Crippen MR) is 89.0 cm³/mol. The van der Waals surface area contributed by atoms with Gasteiger partial charge in [0.1, 0.15) is 0 Å². The van der Waals surface area contributed by atoms with Crippen molar-refractivity contribution in [3.63, 3.8) is 0 Å². The summed E-state index contributed by atoms with van der Waals surface area (Å²) in [5, 5.41) is 11.7. The van der Waals surface area contributed by atoms with Crippen LogP contribution in [0, 0.1) is 6.92 Å². The zero-order chi connectivity index (χ0) is 16.7. The van der Waals surface area contributed by atoms with Gasteiger partial charge in [0.2, 0.25) is 5.88 Å². The Bertz CT molecular complexity index is 907. The number of carbonyl (C=O) groups excluding carboxylic acids is 1. The van der Waals surface area contributed by atoms with Crippen LogP contribution < -0.4 is 5.32 Å². The lowest BCUT2D eigenvalue weighted by Gasteiger charge is -2.07. The second-order valence-electron chi connectivity index (χ2n) is 6.26. The Kier molecular flexibility index (Phi) is 3.55. The number of rotatable bonds is 5. The first-order valence-corrected chi connectivity index (χ1v) is 8.27. The van der Waals surface area contributed by atoms with E-state index >= 15 is 0 Å². The molecule has 1 aliphatic rings. The topological polar surface area (TPSA) is 85.8 Å². The molecule has 1 fully saturated rings. The van der Waals surface area contributed by atoms with Crippen LogP contribution in [-0.4, -0.2) is 25.8 Å². The molecule has 0 aliphatic heterocycles. The summed E-state index contributed by atoms with van der Waals surface area (Å²) < 4.78 is 6.96. The van der Waals surface area contributed by atoms with E-state index in [2.05, 4.69) is 22.5 Å². The van der Waals surface area contributed by atoms with E-state index in [0.29, 0.717) is 17.4 Å². The molecule has 0 radical (unpaired) electrons. The van der Waals surface area contributed by atoms with Gasteiger partial charge < -0.3 is 4.52 Å². The van der Waals surface area contributed by atoms with Gasteiger partial charge in [0.25, 0.3) is 5.91 Å². The van der Waals surface area contributed by atoms with E-state index in [1.165, 1.54) is 0 Å². The number of amides is 1. The summed E-state index contributed by atoms with van der Waals surface area (Å²) in [6, 6.07) is 3.58. The standard InChI is InChI=1S/C17H19N5O2/c1-3-6-22-16-13(9-18-22)12(8-14(19-16)11-4-5-11)17(23)20-15-7-10(2)21-24-15/h7-9,11H,3-6H2,1-2H3,(H,20,23). The molecule has 0 saturated heterocycles. The molecule has 1 amide bonds. The van der Waals surface area contributed by atoms with Crippen LogP contribution in [0.1, 0.15) is 53.8 Å². The number of carbonyl (C=O) groups is 1. The highest BCUT2D eigenvalue weighted by Gasteiger charge is 2.28. The van der Waals surface area contributed by atoms with E-state index in [9.17, 15) is 4.79 Å². The van der Waals surface area contributed by atoms with Crippen LogP contribution in [0.5, 0.6) is 0 Å². The highest BCUT2D eigenvalue weighted by atomic mass is 16.5. The molecular weight excluding hydrogens is 306 g/mol. The number of nitrogens with one attached hydrogen (secondary N) is 1. The quantitative estimate of drug-likeness (QED) is 0.778. The Labute approximate surface area is 139 Å². The summed E-state index contributed by atoms with van der Waals surface area (Å²) in [6.45, 7) is 4.69. The molecule has 0 spiro atoms. The average Bonchev–Trinajstić information content (AvgIpc) is 3.23. The SMILES string of the molecule is CCCn1ncc2c(C(=O)Nc3cc(C)no3)cc(C3CC3)nc21. The van der Waals surface area contributed by atoms with Crippen LogP contribution in [0.15, 0.2) is 22.9 Å². The Morgan fingerprint density at radius 1 is 1.42 bits per heavy atom. The van der Waals surface area contributed by atoms with Crippen LogP contribution in [-0.2, 0) is 6.54 Å². The number of aromatic nitrogens is 4. The van der Waals surface area contributed by atoms with E-state index in [0.717, 1.165) is 48.2 Å². The van der Waals surface area contributed by atoms with E-state index in [-0.39, 0.29) is 5.91 Å². The van der Waals surface area contributed by atoms with Crippen molar-refractivity contribution in [2.24, 2.45) is 0 Å². The summed E-state index contributed by atoms with van der Waals surface area (Å²) in [6.07, 6.45) is 4.94. The van der Waals surface area contributed by atoms with Crippen molar-refractivity contribution in [2.45, 2.75) is 45.6 Å². The molecule has 3 aromatic rings. The number of fused-ring (bicyclic) bond motifs is 1. The normalized spacial score (nSPS) is 14.2. The van der Waals surface area contributed by atoms with Gasteiger partial charge in [-0.2, -0.15) is 5.10 Å². The fourth-order valence-corrected chi connectivity index (χ4v) is 2.82. The van der Waals surface area contributed by atoms with E-state index in [4.69, 9.17) is 9.51 Å². The summed E-state index contributed by atoms with van der Waals surface area (Å²) in [5.74, 6) is 0.575. The molecule has 3 aromatic heterocycles. The number of pyridine rings is 1. The third-order valence-electron chi connectivity index (χ3n) is 4.17. The van der Waals surface area contributed by atoms with Crippen molar-refractivity contribution >= 4 is 22.8 Å². The Hall–Kier alpha value is -2.70. The highest BCUT2D eigenvalue weighted by Crippen LogP contribution is 2.40. The largest absolute Gasteiger partial charge is 0.338 e. The molecule has 4 rings (SSSR count). The van der Waals surface area contributed by atoms with Gasteiger partial charge in [-0.1, -0.05) is 12.1 Å². The molecule has 1 saturated carbocycles. The van der Waals surface area contributed by atoms with Crippen LogP contribution in [0.4, 0.5) is 5.88 Å². The summed E-state index contributed by atoms with van der Waals surface area (Å²) in [4.78, 5) is 17.5. The maximum atomic E-state index is 12.7. The molecule has 1 aliphatic carbocycles. The number of nitrogens with zero attached hydrogens (tertiary/aromatic N) is 4. The summed E-state index contributed by atoms with van der Waals surface area (Å²) in [5.41, 5.74) is 3.05. The minimum absolute atomic E-state index is 0.225. The Morgan fingerprint density at radius 3 is 2.92 bits per heavy atom.